The van der Waals surface area contributed by atoms with Crippen LogP contribution in [0, 0.1) is 5.82 Å². The number of hydrogen-bond acceptors (Lipinski definition) is 7. The molecule has 0 unspecified atom stereocenters. The van der Waals surface area contributed by atoms with Crippen LogP contribution in [-0.2, 0) is 7.05 Å². The number of hydrogen-bond donors (Lipinski definition) is 0. The topological polar surface area (TPSA) is 76.4 Å². The Labute approximate surface area is 167 Å². The molecule has 0 saturated carbocycles. The van der Waals surface area contributed by atoms with Crippen molar-refractivity contribution in [1.29, 1.82) is 0 Å². The molecule has 0 radical (unpaired) electrons. The van der Waals surface area contributed by atoms with Gasteiger partial charge in [0.25, 0.3) is 5.56 Å². The van der Waals surface area contributed by atoms with Crippen molar-refractivity contribution in [2.45, 2.75) is 6.04 Å². The van der Waals surface area contributed by atoms with Crippen molar-refractivity contribution in [3.63, 3.8) is 0 Å². The highest BCUT2D eigenvalue weighted by molar-refractivity contribution is 5.65. The first-order valence-electron chi connectivity index (χ1n) is 9.13. The van der Waals surface area contributed by atoms with Crippen LogP contribution in [0.4, 0.5) is 16.0 Å². The average Bonchev–Trinajstić information content (AvgIpc) is 2.70. The van der Waals surface area contributed by atoms with E-state index in [9.17, 15) is 4.79 Å². The monoisotopic (exact) mass is 396 g/mol. The van der Waals surface area contributed by atoms with Crippen LogP contribution in [0.1, 0.15) is 0 Å². The van der Waals surface area contributed by atoms with Crippen LogP contribution in [0.5, 0.6) is 5.75 Å². The van der Waals surface area contributed by atoms with Crippen molar-refractivity contribution in [2.75, 3.05) is 37.0 Å². The molecule has 3 heterocycles. The number of benzene rings is 1. The predicted molar refractivity (Wildman–Crippen MR) is 108 cm³/mol. The van der Waals surface area contributed by atoms with Gasteiger partial charge in [0.05, 0.1) is 19.5 Å². The molecule has 4 rings (SSSR count). The van der Waals surface area contributed by atoms with E-state index >= 15 is 4.39 Å². The molecule has 0 bridgehead atoms. The van der Waals surface area contributed by atoms with Crippen LogP contribution in [0.25, 0.3) is 11.3 Å². The molecule has 1 fully saturated rings. The van der Waals surface area contributed by atoms with E-state index in [0.29, 0.717) is 30.2 Å². The number of anilines is 2. The number of halogens is 1. The minimum Gasteiger partial charge on any atom is -0.497 e. The number of ether oxygens (including phenoxy) is 1. The molecule has 8 nitrogen and oxygen atoms in total. The third kappa shape index (κ3) is 3.51. The molecule has 1 aliphatic rings. The summed E-state index contributed by atoms with van der Waals surface area (Å²) in [6.07, 6.45) is 2.87. The maximum Gasteiger partial charge on any atom is 0.255 e. The van der Waals surface area contributed by atoms with Crippen molar-refractivity contribution >= 4 is 11.6 Å². The molecular formula is C20H21FN6O2. The van der Waals surface area contributed by atoms with Crippen molar-refractivity contribution in [3.8, 4) is 17.0 Å². The highest BCUT2D eigenvalue weighted by Crippen LogP contribution is 2.30. The number of rotatable bonds is 5. The lowest BCUT2D eigenvalue weighted by Gasteiger charge is -2.45. The first-order valence-corrected chi connectivity index (χ1v) is 9.13. The van der Waals surface area contributed by atoms with Gasteiger partial charge in [-0.1, -0.05) is 0 Å². The van der Waals surface area contributed by atoms with E-state index < -0.39 is 5.82 Å². The zero-order chi connectivity index (χ0) is 20.5. The van der Waals surface area contributed by atoms with Gasteiger partial charge >= 0.3 is 0 Å². The van der Waals surface area contributed by atoms with E-state index in [1.165, 1.54) is 23.3 Å². The van der Waals surface area contributed by atoms with Gasteiger partial charge in [0.15, 0.2) is 11.6 Å². The van der Waals surface area contributed by atoms with E-state index in [4.69, 9.17) is 4.74 Å². The second-order valence-electron chi connectivity index (χ2n) is 6.95. The van der Waals surface area contributed by atoms with Crippen molar-refractivity contribution in [2.24, 2.45) is 7.05 Å². The van der Waals surface area contributed by atoms with Crippen LogP contribution in [0.3, 0.4) is 0 Å². The van der Waals surface area contributed by atoms with Crippen LogP contribution in [0.15, 0.2) is 47.8 Å². The molecular weight excluding hydrogens is 375 g/mol. The lowest BCUT2D eigenvalue weighted by Crippen LogP contribution is -2.59. The molecule has 0 aliphatic carbocycles. The first-order chi connectivity index (χ1) is 14.0. The normalized spacial score (nSPS) is 13.9. The summed E-state index contributed by atoms with van der Waals surface area (Å²) in [5, 5.41) is 0. The zero-order valence-electron chi connectivity index (χ0n) is 16.4. The molecule has 0 amide bonds. The van der Waals surface area contributed by atoms with Crippen molar-refractivity contribution < 1.29 is 9.13 Å². The fraction of sp³-hybridized carbons (Fsp3) is 0.300. The lowest BCUT2D eigenvalue weighted by atomic mass is 10.1. The number of likely N-dealkylation sites (N-methyl/N-ethyl adjacent to an activating group) is 1. The molecule has 9 heteroatoms. The molecule has 1 saturated heterocycles. The predicted octanol–water partition coefficient (Wildman–Crippen LogP) is 1.71. The second-order valence-corrected chi connectivity index (χ2v) is 6.95. The average molecular weight is 396 g/mol. The van der Waals surface area contributed by atoms with Crippen LogP contribution in [0.2, 0.25) is 0 Å². The third-order valence-corrected chi connectivity index (χ3v) is 5.17. The fourth-order valence-corrected chi connectivity index (χ4v) is 3.24. The molecule has 0 N–H and O–H groups in total. The maximum atomic E-state index is 15.1. The molecule has 3 aromatic rings. The van der Waals surface area contributed by atoms with Crippen LogP contribution in [-0.4, -0.2) is 52.8 Å². The van der Waals surface area contributed by atoms with Gasteiger partial charge in [-0.15, -0.1) is 0 Å². The Hall–Kier alpha value is -3.49. The summed E-state index contributed by atoms with van der Waals surface area (Å²) in [6, 6.07) is 8.67. The Morgan fingerprint density at radius 2 is 1.90 bits per heavy atom. The molecule has 2 aromatic heterocycles. The Morgan fingerprint density at radius 3 is 2.55 bits per heavy atom. The van der Waals surface area contributed by atoms with Gasteiger partial charge in [0.1, 0.15) is 23.6 Å². The molecule has 29 heavy (non-hydrogen) atoms. The summed E-state index contributed by atoms with van der Waals surface area (Å²) in [6.45, 7) is 1.15. The van der Waals surface area contributed by atoms with Gasteiger partial charge in [-0.2, -0.15) is 0 Å². The maximum absolute atomic E-state index is 15.1. The third-order valence-electron chi connectivity index (χ3n) is 5.17. The Bertz CT molecular complexity index is 1080. The summed E-state index contributed by atoms with van der Waals surface area (Å²) in [5.41, 5.74) is 0.789. The Balaban J connectivity index is 1.50. The number of nitrogens with zero attached hydrogens (tertiary/aromatic N) is 6. The van der Waals surface area contributed by atoms with E-state index in [-0.39, 0.29) is 23.1 Å². The van der Waals surface area contributed by atoms with Crippen molar-refractivity contribution in [1.82, 2.24) is 19.5 Å². The number of aryl methyl sites for hydroxylation is 1. The zero-order valence-corrected chi connectivity index (χ0v) is 16.4. The summed E-state index contributed by atoms with van der Waals surface area (Å²) < 4.78 is 21.7. The van der Waals surface area contributed by atoms with Crippen LogP contribution >= 0.6 is 0 Å². The second kappa shape index (κ2) is 7.50. The van der Waals surface area contributed by atoms with Gasteiger partial charge in [0, 0.05) is 38.8 Å². The van der Waals surface area contributed by atoms with E-state index in [0.717, 1.165) is 0 Å². The van der Waals surface area contributed by atoms with Gasteiger partial charge in [-0.05, 0) is 24.3 Å². The summed E-state index contributed by atoms with van der Waals surface area (Å²) in [5.74, 6) is 1.11. The highest BCUT2D eigenvalue weighted by atomic mass is 19.1. The smallest absolute Gasteiger partial charge is 0.255 e. The fourth-order valence-electron chi connectivity index (χ4n) is 3.24. The van der Waals surface area contributed by atoms with Gasteiger partial charge in [-0.25, -0.2) is 19.3 Å². The lowest BCUT2D eigenvalue weighted by molar-refractivity contribution is 0.415. The van der Waals surface area contributed by atoms with Gasteiger partial charge < -0.3 is 19.1 Å². The summed E-state index contributed by atoms with van der Waals surface area (Å²) in [4.78, 5) is 28.2. The standard InChI is InChI=1S/C20H21FN6O2/c1-25-12-24-16(8-17(25)28)26(2)14-9-27(10-14)20-18(21)19(22-11-23-20)13-4-6-15(29-3)7-5-13/h4-8,11-12,14H,9-10H2,1-3H3. The van der Waals surface area contributed by atoms with Crippen molar-refractivity contribution in [3.05, 3.63) is 59.2 Å². The Kier molecular flexibility index (Phi) is 4.87. The highest BCUT2D eigenvalue weighted by Gasteiger charge is 2.34. The van der Waals surface area contributed by atoms with Crippen LogP contribution < -0.4 is 20.1 Å². The minimum atomic E-state index is -0.453. The van der Waals surface area contributed by atoms with E-state index in [2.05, 4.69) is 15.0 Å². The number of aromatic nitrogens is 4. The molecule has 1 aliphatic heterocycles. The molecule has 150 valence electrons. The molecule has 1 aromatic carbocycles. The van der Waals surface area contributed by atoms with E-state index in [1.54, 1.807) is 38.4 Å². The minimum absolute atomic E-state index is 0.105. The largest absolute Gasteiger partial charge is 0.497 e. The van der Waals surface area contributed by atoms with Gasteiger partial charge in [-0.3, -0.25) is 4.79 Å². The Morgan fingerprint density at radius 1 is 1.17 bits per heavy atom. The summed E-state index contributed by atoms with van der Waals surface area (Å²) >= 11 is 0. The van der Waals surface area contributed by atoms with E-state index in [1.807, 2.05) is 16.8 Å². The van der Waals surface area contributed by atoms with Gasteiger partial charge in [0.2, 0.25) is 0 Å². The summed E-state index contributed by atoms with van der Waals surface area (Å²) in [7, 11) is 5.11. The molecule has 0 atom stereocenters. The molecule has 0 spiro atoms. The SMILES string of the molecule is COc1ccc(-c2ncnc(N3CC(N(C)c4cc(=O)n(C)cn4)C3)c2F)cc1. The number of methoxy groups -OCH3 is 1. The first kappa shape index (κ1) is 18.9. The quantitative estimate of drug-likeness (QED) is 0.650.